The highest BCUT2D eigenvalue weighted by atomic mass is 79.9. The average molecular weight is 301 g/mol. The van der Waals surface area contributed by atoms with Gasteiger partial charge in [-0.3, -0.25) is 4.79 Å². The second-order valence-electron chi connectivity index (χ2n) is 3.42. The molecule has 6 heteroatoms. The molecule has 0 aliphatic carbocycles. The maximum Gasteiger partial charge on any atom is 0.339 e. The molecule has 90 valence electrons. The van der Waals surface area contributed by atoms with E-state index >= 15 is 0 Å². The third kappa shape index (κ3) is 2.00. The fourth-order valence-corrected chi connectivity index (χ4v) is 2.18. The number of esters is 2. The molecule has 0 bridgehead atoms. The second kappa shape index (κ2) is 4.37. The van der Waals surface area contributed by atoms with Crippen LogP contribution in [0, 0.1) is 0 Å². The summed E-state index contributed by atoms with van der Waals surface area (Å²) in [5.74, 6) is -0.302. The molecule has 1 aliphatic rings. The predicted octanol–water partition coefficient (Wildman–Crippen LogP) is 2.05. The third-order valence-electron chi connectivity index (χ3n) is 2.32. The Morgan fingerprint density at radius 1 is 1.53 bits per heavy atom. The Bertz CT molecular complexity index is 509. The Morgan fingerprint density at radius 2 is 2.24 bits per heavy atom. The summed E-state index contributed by atoms with van der Waals surface area (Å²) in [7, 11) is 1.43. The summed E-state index contributed by atoms with van der Waals surface area (Å²) in [6.07, 6.45) is 0. The highest BCUT2D eigenvalue weighted by molar-refractivity contribution is 9.10. The average Bonchev–Trinajstić information content (AvgIpc) is 2.64. The first-order valence-corrected chi connectivity index (χ1v) is 5.58. The van der Waals surface area contributed by atoms with E-state index in [-0.39, 0.29) is 12.4 Å². The number of fused-ring (bicyclic) bond motifs is 1. The van der Waals surface area contributed by atoms with Crippen LogP contribution < -0.4 is 9.47 Å². The largest absolute Gasteiger partial charge is 0.493 e. The van der Waals surface area contributed by atoms with E-state index in [0.29, 0.717) is 21.3 Å². The Kier molecular flexibility index (Phi) is 3.06. The maximum absolute atomic E-state index is 11.4. The lowest BCUT2D eigenvalue weighted by Gasteiger charge is -2.11. The lowest BCUT2D eigenvalue weighted by Crippen LogP contribution is -2.05. The molecule has 0 aromatic heterocycles. The van der Waals surface area contributed by atoms with Crippen LogP contribution in [0.1, 0.15) is 22.8 Å². The molecule has 0 fully saturated rings. The minimum atomic E-state index is -0.464. The molecule has 0 radical (unpaired) electrons. The molecule has 1 aliphatic heterocycles. The third-order valence-corrected chi connectivity index (χ3v) is 3.16. The molecule has 17 heavy (non-hydrogen) atoms. The van der Waals surface area contributed by atoms with Gasteiger partial charge in [-0.1, -0.05) is 0 Å². The maximum atomic E-state index is 11.4. The van der Waals surface area contributed by atoms with Gasteiger partial charge in [-0.05, 0) is 22.0 Å². The van der Waals surface area contributed by atoms with Gasteiger partial charge in [0, 0.05) is 12.5 Å². The van der Waals surface area contributed by atoms with Crippen LogP contribution in [-0.4, -0.2) is 19.0 Å². The fourth-order valence-electron chi connectivity index (χ4n) is 1.58. The minimum Gasteiger partial charge on any atom is -0.493 e. The lowest BCUT2D eigenvalue weighted by molar-refractivity contribution is -0.132. The van der Waals surface area contributed by atoms with Gasteiger partial charge in [0.2, 0.25) is 0 Å². The lowest BCUT2D eigenvalue weighted by atomic mass is 10.1. The molecule has 0 saturated heterocycles. The first-order chi connectivity index (χ1) is 8.04. The Balaban J connectivity index is 2.60. The van der Waals surface area contributed by atoms with Crippen molar-refractivity contribution >= 4 is 27.9 Å². The summed E-state index contributed by atoms with van der Waals surface area (Å²) < 4.78 is 15.5. The Labute approximate surface area is 106 Å². The van der Waals surface area contributed by atoms with Crippen molar-refractivity contribution in [2.24, 2.45) is 0 Å². The number of carbonyl (C=O) groups excluding carboxylic acids is 2. The first-order valence-electron chi connectivity index (χ1n) is 4.79. The zero-order chi connectivity index (χ0) is 12.6. The monoisotopic (exact) mass is 300 g/mol. The number of rotatable bonds is 2. The van der Waals surface area contributed by atoms with Crippen LogP contribution >= 0.6 is 15.9 Å². The highest BCUT2D eigenvalue weighted by Gasteiger charge is 2.29. The Hall–Kier alpha value is -1.56. The molecular formula is C11H9BrO5. The molecule has 0 N–H and O–H groups in total. The second-order valence-corrected chi connectivity index (χ2v) is 4.21. The van der Waals surface area contributed by atoms with Gasteiger partial charge in [0.15, 0.2) is 11.5 Å². The van der Waals surface area contributed by atoms with Crippen molar-refractivity contribution < 1.29 is 23.8 Å². The minimum absolute atomic E-state index is 0.160. The summed E-state index contributed by atoms with van der Waals surface area (Å²) >= 11 is 3.29. The summed E-state index contributed by atoms with van der Waals surface area (Å²) in [5.41, 5.74) is 1.08. The van der Waals surface area contributed by atoms with Gasteiger partial charge < -0.3 is 14.2 Å². The summed E-state index contributed by atoms with van der Waals surface area (Å²) in [6.45, 7) is 1.45. The van der Waals surface area contributed by atoms with Gasteiger partial charge in [-0.15, -0.1) is 0 Å². The van der Waals surface area contributed by atoms with E-state index in [1.54, 1.807) is 0 Å². The van der Waals surface area contributed by atoms with Crippen molar-refractivity contribution in [1.82, 2.24) is 0 Å². The van der Waals surface area contributed by atoms with Gasteiger partial charge in [0.1, 0.15) is 6.61 Å². The predicted molar refractivity (Wildman–Crippen MR) is 61.1 cm³/mol. The number of hydrogen-bond acceptors (Lipinski definition) is 5. The quantitative estimate of drug-likeness (QED) is 0.618. The molecule has 1 heterocycles. The molecule has 0 unspecified atom stereocenters. The van der Waals surface area contributed by atoms with Crippen LogP contribution in [0.5, 0.6) is 11.5 Å². The highest BCUT2D eigenvalue weighted by Crippen LogP contribution is 2.42. The van der Waals surface area contributed by atoms with E-state index in [1.807, 2.05) is 0 Å². The van der Waals surface area contributed by atoms with Gasteiger partial charge in [0.05, 0.1) is 17.1 Å². The van der Waals surface area contributed by atoms with Crippen molar-refractivity contribution in [2.75, 3.05) is 7.11 Å². The SMILES string of the molecule is COc1cc2c(c(Br)c1OC(C)=O)COC2=O. The zero-order valence-electron chi connectivity index (χ0n) is 9.20. The van der Waals surface area contributed by atoms with Crippen molar-refractivity contribution in [3.8, 4) is 11.5 Å². The van der Waals surface area contributed by atoms with E-state index in [4.69, 9.17) is 14.2 Å². The summed E-state index contributed by atoms with van der Waals surface area (Å²) in [4.78, 5) is 22.4. The van der Waals surface area contributed by atoms with Gasteiger partial charge in [-0.2, -0.15) is 0 Å². The van der Waals surface area contributed by atoms with Crippen molar-refractivity contribution in [1.29, 1.82) is 0 Å². The van der Waals surface area contributed by atoms with Gasteiger partial charge in [-0.25, -0.2) is 4.79 Å². The molecule has 0 amide bonds. The van der Waals surface area contributed by atoms with Crippen LogP contribution in [0.3, 0.4) is 0 Å². The van der Waals surface area contributed by atoms with E-state index in [1.165, 1.54) is 20.1 Å². The van der Waals surface area contributed by atoms with Crippen molar-refractivity contribution in [3.05, 3.63) is 21.7 Å². The smallest absolute Gasteiger partial charge is 0.339 e. The topological polar surface area (TPSA) is 61.8 Å². The summed E-state index contributed by atoms with van der Waals surface area (Å²) in [6, 6.07) is 1.51. The normalized spacial score (nSPS) is 13.0. The fraction of sp³-hybridized carbons (Fsp3) is 0.273. The summed E-state index contributed by atoms with van der Waals surface area (Å²) in [5, 5.41) is 0. The van der Waals surface area contributed by atoms with E-state index < -0.39 is 11.9 Å². The number of methoxy groups -OCH3 is 1. The van der Waals surface area contributed by atoms with Crippen LogP contribution in [0.15, 0.2) is 10.5 Å². The molecule has 1 aromatic carbocycles. The zero-order valence-corrected chi connectivity index (χ0v) is 10.8. The van der Waals surface area contributed by atoms with Crippen molar-refractivity contribution in [3.63, 3.8) is 0 Å². The van der Waals surface area contributed by atoms with E-state index in [2.05, 4.69) is 15.9 Å². The van der Waals surface area contributed by atoms with Gasteiger partial charge in [0.25, 0.3) is 0 Å². The standard InChI is InChI=1S/C11H9BrO5/c1-5(13)17-10-8(15-2)3-6-7(9(10)12)4-16-11(6)14/h3H,4H2,1-2H3. The number of hydrogen-bond donors (Lipinski definition) is 0. The molecule has 2 rings (SSSR count). The van der Waals surface area contributed by atoms with Crippen molar-refractivity contribution in [2.45, 2.75) is 13.5 Å². The molecule has 0 atom stereocenters. The van der Waals surface area contributed by atoms with E-state index in [0.717, 1.165) is 0 Å². The number of carbonyl (C=O) groups is 2. The molecule has 0 saturated carbocycles. The molecule has 0 spiro atoms. The molecular weight excluding hydrogens is 292 g/mol. The van der Waals surface area contributed by atoms with E-state index in [9.17, 15) is 9.59 Å². The molecule has 5 nitrogen and oxygen atoms in total. The Morgan fingerprint density at radius 3 is 2.82 bits per heavy atom. The number of ether oxygens (including phenoxy) is 3. The van der Waals surface area contributed by atoms with Crippen LogP contribution in [0.4, 0.5) is 0 Å². The number of cyclic esters (lactones) is 1. The number of halogens is 1. The molecule has 1 aromatic rings. The van der Waals surface area contributed by atoms with Crippen LogP contribution in [0.25, 0.3) is 0 Å². The number of benzene rings is 1. The van der Waals surface area contributed by atoms with Crippen LogP contribution in [-0.2, 0) is 16.1 Å². The van der Waals surface area contributed by atoms with Gasteiger partial charge >= 0.3 is 11.9 Å². The van der Waals surface area contributed by atoms with Crippen LogP contribution in [0.2, 0.25) is 0 Å². The first kappa shape index (κ1) is 11.9.